The summed E-state index contributed by atoms with van der Waals surface area (Å²) in [6.45, 7) is 1.53. The Morgan fingerprint density at radius 3 is 2.55 bits per heavy atom. The molecule has 2 heterocycles. The van der Waals surface area contributed by atoms with E-state index in [1.54, 1.807) is 12.5 Å². The van der Waals surface area contributed by atoms with E-state index in [0.717, 1.165) is 35.6 Å². The smallest absolute Gasteiger partial charge is 0.137 e. The molecule has 0 aliphatic rings. The number of benzene rings is 1. The lowest BCUT2D eigenvalue weighted by molar-refractivity contribution is 1.04. The lowest BCUT2D eigenvalue weighted by Gasteiger charge is -2.09. The highest BCUT2D eigenvalue weighted by Crippen LogP contribution is 2.17. The summed E-state index contributed by atoms with van der Waals surface area (Å²) in [7, 11) is 0. The molecule has 1 aromatic carbocycles. The number of hydrogen-bond acceptors (Lipinski definition) is 5. The lowest BCUT2D eigenvalue weighted by Crippen LogP contribution is -2.15. The molecule has 0 atom stereocenters. The van der Waals surface area contributed by atoms with Gasteiger partial charge in [0.25, 0.3) is 0 Å². The number of hydrogen-bond donors (Lipinski definition) is 2. The van der Waals surface area contributed by atoms with Gasteiger partial charge < -0.3 is 10.6 Å². The van der Waals surface area contributed by atoms with Gasteiger partial charge in [-0.1, -0.05) is 18.2 Å². The number of anilines is 2. The van der Waals surface area contributed by atoms with Crippen molar-refractivity contribution in [1.82, 2.24) is 15.0 Å². The molecular formula is C15H15N5. The summed E-state index contributed by atoms with van der Waals surface area (Å²) in [5, 5.41) is 7.60. The molecule has 0 spiro atoms. The first-order valence-electron chi connectivity index (χ1n) is 6.52. The summed E-state index contributed by atoms with van der Waals surface area (Å²) in [4.78, 5) is 12.7. The van der Waals surface area contributed by atoms with Crippen LogP contribution in [0, 0.1) is 0 Å². The zero-order valence-electron chi connectivity index (χ0n) is 11.0. The van der Waals surface area contributed by atoms with Crippen molar-refractivity contribution in [2.24, 2.45) is 0 Å². The van der Waals surface area contributed by atoms with Crippen molar-refractivity contribution in [3.8, 4) is 0 Å². The van der Waals surface area contributed by atoms with Gasteiger partial charge in [0.2, 0.25) is 0 Å². The zero-order chi connectivity index (χ0) is 13.6. The molecule has 0 amide bonds. The van der Waals surface area contributed by atoms with Gasteiger partial charge in [0, 0.05) is 24.7 Å². The summed E-state index contributed by atoms with van der Waals surface area (Å²) in [5.74, 6) is 1.74. The van der Waals surface area contributed by atoms with Crippen molar-refractivity contribution in [2.75, 3.05) is 23.7 Å². The molecule has 3 rings (SSSR count). The Balaban J connectivity index is 1.60. The average Bonchev–Trinajstić information content (AvgIpc) is 2.53. The summed E-state index contributed by atoms with van der Waals surface area (Å²) in [6, 6.07) is 13.8. The summed E-state index contributed by atoms with van der Waals surface area (Å²) in [5.41, 5.74) is 0.947. The van der Waals surface area contributed by atoms with E-state index in [0.29, 0.717) is 0 Å². The van der Waals surface area contributed by atoms with E-state index in [2.05, 4.69) is 25.6 Å². The number of pyridine rings is 1. The monoisotopic (exact) mass is 265 g/mol. The van der Waals surface area contributed by atoms with Crippen LogP contribution in [-0.2, 0) is 0 Å². The molecule has 5 heteroatoms. The van der Waals surface area contributed by atoms with Crippen LogP contribution >= 0.6 is 0 Å². The number of nitrogens with one attached hydrogen (secondary N) is 2. The topological polar surface area (TPSA) is 62.7 Å². The first kappa shape index (κ1) is 12.3. The number of aromatic nitrogens is 3. The number of fused-ring (bicyclic) bond motifs is 1. The Kier molecular flexibility index (Phi) is 3.68. The quantitative estimate of drug-likeness (QED) is 0.694. The van der Waals surface area contributed by atoms with Crippen LogP contribution in [0.2, 0.25) is 0 Å². The van der Waals surface area contributed by atoms with Crippen molar-refractivity contribution >= 4 is 22.5 Å². The third-order valence-corrected chi connectivity index (χ3v) is 2.93. The highest BCUT2D eigenvalue weighted by atomic mass is 15.1. The fourth-order valence-electron chi connectivity index (χ4n) is 1.98. The molecule has 0 saturated heterocycles. The van der Waals surface area contributed by atoms with Crippen molar-refractivity contribution in [3.05, 3.63) is 55.0 Å². The number of para-hydroxylation sites is 1. The van der Waals surface area contributed by atoms with Crippen LogP contribution in [0.1, 0.15) is 0 Å². The Morgan fingerprint density at radius 1 is 0.800 bits per heavy atom. The maximum atomic E-state index is 4.29. The van der Waals surface area contributed by atoms with Crippen molar-refractivity contribution in [3.63, 3.8) is 0 Å². The van der Waals surface area contributed by atoms with Gasteiger partial charge in [-0.3, -0.25) is 0 Å². The Morgan fingerprint density at radius 2 is 1.65 bits per heavy atom. The van der Waals surface area contributed by atoms with Gasteiger partial charge in [-0.2, -0.15) is 0 Å². The third-order valence-electron chi connectivity index (χ3n) is 2.93. The second kappa shape index (κ2) is 5.97. The predicted molar refractivity (Wildman–Crippen MR) is 80.8 cm³/mol. The van der Waals surface area contributed by atoms with E-state index >= 15 is 0 Å². The SMILES string of the molecule is c1ccc(NCCNc2ncnc3ccccc23)nc1. The minimum absolute atomic E-state index is 0.761. The average molecular weight is 265 g/mol. The highest BCUT2D eigenvalue weighted by Gasteiger charge is 2.01. The fraction of sp³-hybridized carbons (Fsp3) is 0.133. The molecule has 2 aromatic heterocycles. The van der Waals surface area contributed by atoms with Crippen LogP contribution < -0.4 is 10.6 Å². The van der Waals surface area contributed by atoms with Crippen LogP contribution in [0.15, 0.2) is 55.0 Å². The third kappa shape index (κ3) is 2.83. The summed E-state index contributed by atoms with van der Waals surface area (Å²) >= 11 is 0. The number of nitrogens with zero attached hydrogens (tertiary/aromatic N) is 3. The van der Waals surface area contributed by atoms with Gasteiger partial charge in [-0.15, -0.1) is 0 Å². The molecule has 0 radical (unpaired) electrons. The van der Waals surface area contributed by atoms with Crippen LogP contribution in [0.3, 0.4) is 0 Å². The minimum Gasteiger partial charge on any atom is -0.368 e. The van der Waals surface area contributed by atoms with Gasteiger partial charge >= 0.3 is 0 Å². The molecule has 0 saturated carbocycles. The highest BCUT2D eigenvalue weighted by molar-refractivity contribution is 5.88. The Bertz CT molecular complexity index is 679. The van der Waals surface area contributed by atoms with Crippen LogP contribution in [0.4, 0.5) is 11.6 Å². The van der Waals surface area contributed by atoms with E-state index in [-0.39, 0.29) is 0 Å². The maximum absolute atomic E-state index is 4.29. The minimum atomic E-state index is 0.761. The standard InChI is InChI=1S/C15H15N5/c1-2-6-13-12(5-1)15(20-11-19-13)18-10-9-17-14-7-3-4-8-16-14/h1-8,11H,9-10H2,(H,16,17)(H,18,19,20). The van der Waals surface area contributed by atoms with Gasteiger partial charge in [-0.25, -0.2) is 15.0 Å². The molecular weight excluding hydrogens is 250 g/mol. The maximum Gasteiger partial charge on any atom is 0.137 e. The zero-order valence-corrected chi connectivity index (χ0v) is 11.0. The molecule has 100 valence electrons. The van der Waals surface area contributed by atoms with E-state index < -0.39 is 0 Å². The predicted octanol–water partition coefficient (Wildman–Crippen LogP) is 2.55. The number of rotatable bonds is 5. The largest absolute Gasteiger partial charge is 0.368 e. The normalized spacial score (nSPS) is 10.4. The van der Waals surface area contributed by atoms with E-state index in [1.165, 1.54) is 0 Å². The van der Waals surface area contributed by atoms with Crippen molar-refractivity contribution < 1.29 is 0 Å². The van der Waals surface area contributed by atoms with Crippen LogP contribution in [0.5, 0.6) is 0 Å². The molecule has 2 N–H and O–H groups in total. The van der Waals surface area contributed by atoms with E-state index in [9.17, 15) is 0 Å². The van der Waals surface area contributed by atoms with Gasteiger partial charge in [0.1, 0.15) is 18.0 Å². The molecule has 0 fully saturated rings. The molecule has 20 heavy (non-hydrogen) atoms. The lowest BCUT2D eigenvalue weighted by atomic mass is 10.2. The van der Waals surface area contributed by atoms with Gasteiger partial charge in [-0.05, 0) is 24.3 Å². The molecule has 0 unspecified atom stereocenters. The van der Waals surface area contributed by atoms with Crippen LogP contribution in [0.25, 0.3) is 10.9 Å². The molecule has 0 aliphatic carbocycles. The van der Waals surface area contributed by atoms with Gasteiger partial charge in [0.05, 0.1) is 5.52 Å². The second-order valence-electron chi connectivity index (χ2n) is 4.31. The van der Waals surface area contributed by atoms with Crippen molar-refractivity contribution in [2.45, 2.75) is 0 Å². The van der Waals surface area contributed by atoms with E-state index in [1.807, 2.05) is 42.5 Å². The van der Waals surface area contributed by atoms with Gasteiger partial charge in [0.15, 0.2) is 0 Å². The van der Waals surface area contributed by atoms with E-state index in [4.69, 9.17) is 0 Å². The summed E-state index contributed by atoms with van der Waals surface area (Å²) < 4.78 is 0. The Hall–Kier alpha value is -2.69. The first-order valence-corrected chi connectivity index (χ1v) is 6.52. The second-order valence-corrected chi connectivity index (χ2v) is 4.31. The first-order chi connectivity index (χ1) is 9.93. The van der Waals surface area contributed by atoms with Crippen LogP contribution in [-0.4, -0.2) is 28.0 Å². The molecule has 3 aromatic rings. The molecule has 0 bridgehead atoms. The van der Waals surface area contributed by atoms with Crippen molar-refractivity contribution in [1.29, 1.82) is 0 Å². The Labute approximate surface area is 117 Å². The molecule has 0 aliphatic heterocycles. The summed E-state index contributed by atoms with van der Waals surface area (Å²) in [6.07, 6.45) is 3.35. The molecule has 5 nitrogen and oxygen atoms in total. The fourth-order valence-corrected chi connectivity index (χ4v) is 1.98.